The number of amides is 1. The highest BCUT2D eigenvalue weighted by Crippen LogP contribution is 2.18. The van der Waals surface area contributed by atoms with E-state index in [1.165, 1.54) is 5.56 Å². The summed E-state index contributed by atoms with van der Waals surface area (Å²) >= 11 is 0. The predicted molar refractivity (Wildman–Crippen MR) is 113 cm³/mol. The molecular weight excluding hydrogens is 366 g/mol. The van der Waals surface area contributed by atoms with E-state index in [4.69, 9.17) is 4.74 Å². The molecular formula is C23H31N3O3. The molecule has 1 aromatic carbocycles. The third-order valence-electron chi connectivity index (χ3n) is 5.25. The molecule has 0 radical (unpaired) electrons. The first-order valence-corrected chi connectivity index (χ1v) is 10.3. The monoisotopic (exact) mass is 397 g/mol. The van der Waals surface area contributed by atoms with Gasteiger partial charge >= 0.3 is 0 Å². The fraction of sp³-hybridized carbons (Fsp3) is 0.522. The minimum Gasteiger partial charge on any atom is -0.381 e. The van der Waals surface area contributed by atoms with Gasteiger partial charge in [-0.1, -0.05) is 43.7 Å². The van der Waals surface area contributed by atoms with Crippen LogP contribution in [-0.2, 0) is 22.5 Å². The Morgan fingerprint density at radius 3 is 2.76 bits per heavy atom. The lowest BCUT2D eigenvalue weighted by Crippen LogP contribution is -2.39. The van der Waals surface area contributed by atoms with Crippen LogP contribution in [0.1, 0.15) is 48.5 Å². The molecule has 2 aromatic rings. The Morgan fingerprint density at radius 2 is 2.14 bits per heavy atom. The quantitative estimate of drug-likeness (QED) is 0.779. The number of H-pyrrole nitrogens is 1. The lowest BCUT2D eigenvalue weighted by atomic mass is 10.0. The van der Waals surface area contributed by atoms with Crippen LogP contribution in [-0.4, -0.2) is 40.5 Å². The summed E-state index contributed by atoms with van der Waals surface area (Å²) in [5, 5.41) is 0. The zero-order valence-electron chi connectivity index (χ0n) is 17.8. The Kier molecular flexibility index (Phi) is 6.85. The lowest BCUT2D eigenvalue weighted by Gasteiger charge is -2.26. The van der Waals surface area contributed by atoms with Gasteiger partial charge in [0.1, 0.15) is 5.82 Å². The second kappa shape index (κ2) is 9.35. The smallest absolute Gasteiger partial charge is 0.254 e. The molecule has 1 aromatic heterocycles. The Morgan fingerprint density at radius 1 is 1.34 bits per heavy atom. The Hall–Kier alpha value is -2.47. The van der Waals surface area contributed by atoms with E-state index in [9.17, 15) is 9.59 Å². The van der Waals surface area contributed by atoms with Crippen molar-refractivity contribution in [2.24, 2.45) is 11.8 Å². The number of hydrogen-bond donors (Lipinski definition) is 1. The van der Waals surface area contributed by atoms with Crippen molar-refractivity contribution in [2.75, 3.05) is 19.8 Å². The fourth-order valence-corrected chi connectivity index (χ4v) is 3.82. The number of hydrogen-bond acceptors (Lipinski definition) is 4. The van der Waals surface area contributed by atoms with E-state index >= 15 is 0 Å². The molecule has 1 amide bonds. The summed E-state index contributed by atoms with van der Waals surface area (Å²) in [6, 6.07) is 8.14. The van der Waals surface area contributed by atoms with E-state index in [0.717, 1.165) is 12.0 Å². The summed E-state index contributed by atoms with van der Waals surface area (Å²) in [5.41, 5.74) is 3.51. The number of aryl methyl sites for hydroxylation is 2. The molecule has 1 fully saturated rings. The van der Waals surface area contributed by atoms with E-state index in [2.05, 4.69) is 29.9 Å². The maximum absolute atomic E-state index is 12.9. The van der Waals surface area contributed by atoms with Crippen LogP contribution in [0.5, 0.6) is 0 Å². The number of ether oxygens (including phenoxy) is 1. The molecule has 1 aliphatic heterocycles. The summed E-state index contributed by atoms with van der Waals surface area (Å²) in [6.45, 7) is 10.1. The van der Waals surface area contributed by atoms with Gasteiger partial charge in [0, 0.05) is 30.8 Å². The first kappa shape index (κ1) is 21.2. The van der Waals surface area contributed by atoms with Gasteiger partial charge in [0.15, 0.2) is 0 Å². The molecule has 0 spiro atoms. The summed E-state index contributed by atoms with van der Waals surface area (Å²) in [6.07, 6.45) is 1.30. The van der Waals surface area contributed by atoms with Gasteiger partial charge in [-0.25, -0.2) is 4.98 Å². The highest BCUT2D eigenvalue weighted by Gasteiger charge is 2.29. The summed E-state index contributed by atoms with van der Waals surface area (Å²) in [4.78, 5) is 35.0. The zero-order valence-corrected chi connectivity index (χ0v) is 17.8. The number of carbonyl (C=O) groups excluding carboxylic acids is 1. The number of aromatic amines is 1. The molecule has 0 saturated carbocycles. The highest BCUT2D eigenvalue weighted by atomic mass is 16.5. The molecule has 1 aliphatic rings. The topological polar surface area (TPSA) is 75.3 Å². The van der Waals surface area contributed by atoms with Gasteiger partial charge < -0.3 is 14.6 Å². The van der Waals surface area contributed by atoms with E-state index in [-0.39, 0.29) is 17.4 Å². The van der Waals surface area contributed by atoms with E-state index < -0.39 is 0 Å². The molecule has 0 bridgehead atoms. The van der Waals surface area contributed by atoms with Crippen LogP contribution in [0, 0.1) is 25.7 Å². The van der Waals surface area contributed by atoms with Gasteiger partial charge in [-0.2, -0.15) is 0 Å². The number of benzene rings is 1. The summed E-state index contributed by atoms with van der Waals surface area (Å²) < 4.78 is 5.38. The normalized spacial score (nSPS) is 16.4. The molecule has 1 N–H and O–H groups in total. The van der Waals surface area contributed by atoms with E-state index in [1.807, 2.05) is 36.9 Å². The molecule has 1 atom stereocenters. The third-order valence-corrected chi connectivity index (χ3v) is 5.25. The van der Waals surface area contributed by atoms with Gasteiger partial charge in [-0.05, 0) is 31.7 Å². The first-order chi connectivity index (χ1) is 13.8. The lowest BCUT2D eigenvalue weighted by molar-refractivity contribution is -0.136. The van der Waals surface area contributed by atoms with Crippen molar-refractivity contribution in [1.29, 1.82) is 0 Å². The summed E-state index contributed by atoms with van der Waals surface area (Å²) in [5.74, 6) is 0.852. The largest absolute Gasteiger partial charge is 0.381 e. The van der Waals surface area contributed by atoms with Crippen molar-refractivity contribution >= 4 is 5.91 Å². The molecule has 1 saturated heterocycles. The second-order valence-electron chi connectivity index (χ2n) is 8.42. The van der Waals surface area contributed by atoms with Crippen LogP contribution in [0.2, 0.25) is 0 Å². The van der Waals surface area contributed by atoms with E-state index in [0.29, 0.717) is 55.7 Å². The van der Waals surface area contributed by atoms with Crippen molar-refractivity contribution in [2.45, 2.75) is 47.1 Å². The SMILES string of the molecule is Cc1cccc(Cc2c(C)nc(CN(CC(C)C)C(=O)C3CCOC3)[nH]c2=O)c1. The first-order valence-electron chi connectivity index (χ1n) is 10.3. The number of nitrogens with one attached hydrogen (secondary N) is 1. The van der Waals surface area contributed by atoms with Crippen LogP contribution in [0.15, 0.2) is 29.1 Å². The molecule has 0 aliphatic carbocycles. The molecule has 3 rings (SSSR count). The summed E-state index contributed by atoms with van der Waals surface area (Å²) in [7, 11) is 0. The van der Waals surface area contributed by atoms with Crippen LogP contribution in [0.3, 0.4) is 0 Å². The van der Waals surface area contributed by atoms with Crippen molar-refractivity contribution < 1.29 is 9.53 Å². The predicted octanol–water partition coefficient (Wildman–Crippen LogP) is 3.00. The minimum absolute atomic E-state index is 0.0836. The van der Waals surface area contributed by atoms with Crippen molar-refractivity contribution in [3.8, 4) is 0 Å². The Bertz CT molecular complexity index is 914. The Labute approximate surface area is 172 Å². The van der Waals surface area contributed by atoms with Crippen molar-refractivity contribution in [1.82, 2.24) is 14.9 Å². The molecule has 2 heterocycles. The van der Waals surface area contributed by atoms with Crippen LogP contribution < -0.4 is 5.56 Å². The average molecular weight is 398 g/mol. The number of nitrogens with zero attached hydrogens (tertiary/aromatic N) is 2. The van der Waals surface area contributed by atoms with Gasteiger partial charge in [0.05, 0.1) is 19.1 Å². The maximum atomic E-state index is 12.9. The maximum Gasteiger partial charge on any atom is 0.254 e. The van der Waals surface area contributed by atoms with Gasteiger partial charge in [0.2, 0.25) is 5.91 Å². The number of carbonyl (C=O) groups is 1. The van der Waals surface area contributed by atoms with Gasteiger partial charge in [-0.15, -0.1) is 0 Å². The van der Waals surface area contributed by atoms with Gasteiger partial charge in [0.25, 0.3) is 5.56 Å². The zero-order chi connectivity index (χ0) is 21.0. The van der Waals surface area contributed by atoms with E-state index in [1.54, 1.807) is 0 Å². The minimum atomic E-state index is -0.129. The van der Waals surface area contributed by atoms with Crippen LogP contribution >= 0.6 is 0 Å². The highest BCUT2D eigenvalue weighted by molar-refractivity contribution is 5.79. The standard InChI is InChI=1S/C23H31N3O3/c1-15(2)12-26(23(28)19-8-9-29-14-19)13-21-24-17(4)20(22(27)25-21)11-18-7-5-6-16(3)10-18/h5-7,10,15,19H,8-9,11-14H2,1-4H3,(H,24,25,27). The fourth-order valence-electron chi connectivity index (χ4n) is 3.82. The second-order valence-corrected chi connectivity index (χ2v) is 8.42. The molecule has 29 heavy (non-hydrogen) atoms. The average Bonchev–Trinajstić information content (AvgIpc) is 3.18. The molecule has 156 valence electrons. The number of rotatable bonds is 7. The van der Waals surface area contributed by atoms with Crippen molar-refractivity contribution in [3.05, 3.63) is 62.8 Å². The molecule has 6 heteroatoms. The van der Waals surface area contributed by atoms with Crippen LogP contribution in [0.25, 0.3) is 0 Å². The van der Waals surface area contributed by atoms with Crippen molar-refractivity contribution in [3.63, 3.8) is 0 Å². The van der Waals surface area contributed by atoms with Gasteiger partial charge in [-0.3, -0.25) is 9.59 Å². The third kappa shape index (κ3) is 5.54. The molecule has 1 unspecified atom stereocenters. The molecule has 6 nitrogen and oxygen atoms in total. The van der Waals surface area contributed by atoms with Crippen LogP contribution in [0.4, 0.5) is 0 Å². The Balaban J connectivity index is 1.80. The number of aromatic nitrogens is 2.